The summed E-state index contributed by atoms with van der Waals surface area (Å²) in [5.41, 5.74) is 0.358. The van der Waals surface area contributed by atoms with Crippen LogP contribution in [0.3, 0.4) is 0 Å². The molecular formula is C14H18ClF3N2O3. The van der Waals surface area contributed by atoms with E-state index in [4.69, 9.17) is 9.47 Å². The molecule has 1 aliphatic rings. The molecule has 23 heavy (non-hydrogen) atoms. The van der Waals surface area contributed by atoms with Crippen LogP contribution in [-0.4, -0.2) is 38.4 Å². The Bertz CT molecular complexity index is 534. The van der Waals surface area contributed by atoms with Crippen LogP contribution in [-0.2, 0) is 4.79 Å². The zero-order chi connectivity index (χ0) is 16.2. The molecule has 1 aliphatic heterocycles. The maximum absolute atomic E-state index is 12.2. The molecule has 1 atom stereocenters. The third-order valence-electron chi connectivity index (χ3n) is 3.20. The van der Waals surface area contributed by atoms with Gasteiger partial charge in [0.15, 0.2) is 18.1 Å². The summed E-state index contributed by atoms with van der Waals surface area (Å²) in [7, 11) is 1.33. The molecule has 0 bridgehead atoms. The zero-order valence-corrected chi connectivity index (χ0v) is 13.2. The molecule has 2 N–H and O–H groups in total. The van der Waals surface area contributed by atoms with Gasteiger partial charge < -0.3 is 20.1 Å². The fourth-order valence-electron chi connectivity index (χ4n) is 2.16. The van der Waals surface area contributed by atoms with E-state index in [9.17, 15) is 18.0 Å². The van der Waals surface area contributed by atoms with Crippen molar-refractivity contribution in [1.29, 1.82) is 0 Å². The molecule has 0 saturated carbocycles. The van der Waals surface area contributed by atoms with Gasteiger partial charge in [-0.05, 0) is 31.5 Å². The summed E-state index contributed by atoms with van der Waals surface area (Å²) in [6.45, 7) is -0.647. The number of carbonyl (C=O) groups excluding carboxylic acids is 1. The van der Waals surface area contributed by atoms with E-state index in [0.29, 0.717) is 5.69 Å². The topological polar surface area (TPSA) is 59.6 Å². The minimum Gasteiger partial charge on any atom is -0.493 e. The number of benzene rings is 1. The van der Waals surface area contributed by atoms with Crippen LogP contribution in [0, 0.1) is 0 Å². The smallest absolute Gasteiger partial charge is 0.422 e. The lowest BCUT2D eigenvalue weighted by molar-refractivity contribution is -0.153. The molecule has 1 aromatic carbocycles. The van der Waals surface area contributed by atoms with Crippen molar-refractivity contribution in [3.63, 3.8) is 0 Å². The van der Waals surface area contributed by atoms with Crippen molar-refractivity contribution in [3.05, 3.63) is 18.2 Å². The highest BCUT2D eigenvalue weighted by Gasteiger charge is 2.29. The quantitative estimate of drug-likeness (QED) is 0.853. The van der Waals surface area contributed by atoms with Crippen LogP contribution in [0.5, 0.6) is 11.5 Å². The number of carbonyl (C=O) groups is 1. The maximum atomic E-state index is 12.2. The standard InChI is InChI=1S/C14H17F3N2O3.ClH/c1-21-11-5-4-9(7-12(11)22-8-14(15,16)17)19-13(20)10-3-2-6-18-10;/h4-5,7,10,18H,2-3,6,8H2,1H3,(H,19,20);1H. The van der Waals surface area contributed by atoms with Gasteiger partial charge in [0, 0.05) is 11.8 Å². The Morgan fingerprint density at radius 2 is 2.13 bits per heavy atom. The van der Waals surface area contributed by atoms with Gasteiger partial charge in [-0.1, -0.05) is 0 Å². The summed E-state index contributed by atoms with van der Waals surface area (Å²) < 4.78 is 46.4. The highest BCUT2D eigenvalue weighted by atomic mass is 35.5. The van der Waals surface area contributed by atoms with E-state index >= 15 is 0 Å². The summed E-state index contributed by atoms with van der Waals surface area (Å²) in [5, 5.41) is 5.70. The van der Waals surface area contributed by atoms with Crippen LogP contribution in [0.4, 0.5) is 18.9 Å². The van der Waals surface area contributed by atoms with Crippen molar-refractivity contribution in [2.24, 2.45) is 0 Å². The minimum atomic E-state index is -4.45. The van der Waals surface area contributed by atoms with E-state index in [2.05, 4.69) is 10.6 Å². The number of hydrogen-bond donors (Lipinski definition) is 2. The van der Waals surface area contributed by atoms with Crippen LogP contribution in [0.1, 0.15) is 12.8 Å². The number of nitrogens with one attached hydrogen (secondary N) is 2. The fraction of sp³-hybridized carbons (Fsp3) is 0.500. The maximum Gasteiger partial charge on any atom is 0.422 e. The van der Waals surface area contributed by atoms with Crippen molar-refractivity contribution in [2.45, 2.75) is 25.1 Å². The number of methoxy groups -OCH3 is 1. The number of ether oxygens (including phenoxy) is 2. The van der Waals surface area contributed by atoms with E-state index < -0.39 is 12.8 Å². The number of amides is 1. The first-order valence-corrected chi connectivity index (χ1v) is 6.81. The second kappa shape index (κ2) is 8.26. The first kappa shape index (κ1) is 19.4. The predicted octanol–water partition coefficient (Wildman–Crippen LogP) is 2.75. The average Bonchev–Trinajstić information content (AvgIpc) is 2.99. The molecule has 1 aromatic rings. The Morgan fingerprint density at radius 3 is 2.70 bits per heavy atom. The summed E-state index contributed by atoms with van der Waals surface area (Å²) in [4.78, 5) is 12.0. The van der Waals surface area contributed by atoms with E-state index in [1.54, 1.807) is 6.07 Å². The van der Waals surface area contributed by atoms with Gasteiger partial charge in [-0.3, -0.25) is 4.79 Å². The first-order chi connectivity index (χ1) is 10.4. The fourth-order valence-corrected chi connectivity index (χ4v) is 2.16. The Labute approximate surface area is 137 Å². The molecule has 1 unspecified atom stereocenters. The van der Waals surface area contributed by atoms with Gasteiger partial charge in [0.25, 0.3) is 0 Å². The minimum absolute atomic E-state index is 0. The van der Waals surface area contributed by atoms with Gasteiger partial charge in [0.05, 0.1) is 13.2 Å². The third-order valence-corrected chi connectivity index (χ3v) is 3.20. The highest BCUT2D eigenvalue weighted by Crippen LogP contribution is 2.31. The highest BCUT2D eigenvalue weighted by molar-refractivity contribution is 5.95. The number of halogens is 4. The zero-order valence-electron chi connectivity index (χ0n) is 12.4. The number of anilines is 1. The van der Waals surface area contributed by atoms with E-state index in [-0.39, 0.29) is 35.9 Å². The SMILES string of the molecule is COc1ccc(NC(=O)C2CCCN2)cc1OCC(F)(F)F.Cl. The Hall–Kier alpha value is -1.67. The molecule has 1 fully saturated rings. The molecule has 5 nitrogen and oxygen atoms in total. The normalized spacial score (nSPS) is 17.3. The van der Waals surface area contributed by atoms with Crippen molar-refractivity contribution in [1.82, 2.24) is 5.32 Å². The molecule has 0 radical (unpaired) electrons. The van der Waals surface area contributed by atoms with Crippen LogP contribution < -0.4 is 20.1 Å². The largest absolute Gasteiger partial charge is 0.493 e. The van der Waals surface area contributed by atoms with Gasteiger partial charge in [0.1, 0.15) is 0 Å². The van der Waals surface area contributed by atoms with Crippen LogP contribution in [0.25, 0.3) is 0 Å². The summed E-state index contributed by atoms with van der Waals surface area (Å²) in [6.07, 6.45) is -2.79. The van der Waals surface area contributed by atoms with Gasteiger partial charge in [-0.25, -0.2) is 0 Å². The number of rotatable bonds is 5. The summed E-state index contributed by atoms with van der Waals surface area (Å²) in [6, 6.07) is 4.04. The average molecular weight is 355 g/mol. The Kier molecular flexibility index (Phi) is 6.96. The second-order valence-electron chi connectivity index (χ2n) is 4.91. The van der Waals surface area contributed by atoms with Crippen LogP contribution in [0.2, 0.25) is 0 Å². The van der Waals surface area contributed by atoms with Gasteiger partial charge in [-0.2, -0.15) is 13.2 Å². The summed E-state index contributed by atoms with van der Waals surface area (Å²) >= 11 is 0. The number of alkyl halides is 3. The lowest BCUT2D eigenvalue weighted by Gasteiger charge is -2.15. The summed E-state index contributed by atoms with van der Waals surface area (Å²) in [5.74, 6) is -0.123. The van der Waals surface area contributed by atoms with Crippen molar-refractivity contribution < 1.29 is 27.4 Å². The van der Waals surface area contributed by atoms with Crippen LogP contribution in [0.15, 0.2) is 18.2 Å². The molecular weight excluding hydrogens is 337 g/mol. The molecule has 9 heteroatoms. The molecule has 1 amide bonds. The van der Waals surface area contributed by atoms with Gasteiger partial charge in [0.2, 0.25) is 5.91 Å². The third kappa shape index (κ3) is 5.80. The van der Waals surface area contributed by atoms with E-state index in [0.717, 1.165) is 19.4 Å². The van der Waals surface area contributed by atoms with Crippen molar-refractivity contribution in [3.8, 4) is 11.5 Å². The molecule has 130 valence electrons. The molecule has 0 aliphatic carbocycles. The number of hydrogen-bond acceptors (Lipinski definition) is 4. The van der Waals surface area contributed by atoms with Gasteiger partial charge >= 0.3 is 6.18 Å². The van der Waals surface area contributed by atoms with Crippen molar-refractivity contribution in [2.75, 3.05) is 25.6 Å². The van der Waals surface area contributed by atoms with Gasteiger partial charge in [-0.15, -0.1) is 12.4 Å². The molecule has 2 rings (SSSR count). The molecule has 0 aromatic heterocycles. The Balaban J connectivity index is 0.00000264. The molecule has 0 spiro atoms. The van der Waals surface area contributed by atoms with Crippen LogP contribution >= 0.6 is 12.4 Å². The monoisotopic (exact) mass is 354 g/mol. The Morgan fingerprint density at radius 1 is 1.39 bits per heavy atom. The molecule has 1 saturated heterocycles. The van der Waals surface area contributed by atoms with E-state index in [1.807, 2.05) is 0 Å². The predicted molar refractivity (Wildman–Crippen MR) is 81.4 cm³/mol. The van der Waals surface area contributed by atoms with E-state index in [1.165, 1.54) is 19.2 Å². The van der Waals surface area contributed by atoms with Crippen molar-refractivity contribution >= 4 is 24.0 Å². The first-order valence-electron chi connectivity index (χ1n) is 6.81. The second-order valence-corrected chi connectivity index (χ2v) is 4.91. The molecule has 1 heterocycles. The lowest BCUT2D eigenvalue weighted by Crippen LogP contribution is -2.35. The lowest BCUT2D eigenvalue weighted by atomic mass is 10.2.